The zero-order chi connectivity index (χ0) is 29.5. The van der Waals surface area contributed by atoms with Crippen molar-refractivity contribution in [3.05, 3.63) is 140 Å². The van der Waals surface area contributed by atoms with Crippen molar-refractivity contribution >= 4 is 85.0 Å². The maximum atomic E-state index is 5.27. The van der Waals surface area contributed by atoms with E-state index in [1.807, 2.05) is 29.5 Å². The Morgan fingerprint density at radius 2 is 1.13 bits per heavy atom. The third kappa shape index (κ3) is 3.69. The third-order valence-electron chi connectivity index (χ3n) is 8.83. The molecule has 0 saturated carbocycles. The summed E-state index contributed by atoms with van der Waals surface area (Å²) in [7, 11) is 0. The van der Waals surface area contributed by atoms with E-state index >= 15 is 0 Å². The molecular formula is C40H23N3S2. The topological polar surface area (TPSA) is 30.7 Å². The molecule has 5 heteroatoms. The number of hydrogen-bond donors (Lipinski definition) is 0. The Labute approximate surface area is 266 Å². The largest absolute Gasteiger partial charge is 0.309 e. The summed E-state index contributed by atoms with van der Waals surface area (Å²) < 4.78 is 6.28. The van der Waals surface area contributed by atoms with Crippen molar-refractivity contribution < 1.29 is 0 Å². The highest BCUT2D eigenvalue weighted by Crippen LogP contribution is 2.44. The lowest BCUT2D eigenvalue weighted by molar-refractivity contribution is 1.18. The molecule has 10 rings (SSSR count). The lowest BCUT2D eigenvalue weighted by atomic mass is 10.0. The number of fused-ring (bicyclic) bond motifs is 10. The van der Waals surface area contributed by atoms with Crippen molar-refractivity contribution in [1.82, 2.24) is 14.5 Å². The molecule has 6 aromatic carbocycles. The van der Waals surface area contributed by atoms with Gasteiger partial charge in [-0.2, -0.15) is 0 Å². The van der Waals surface area contributed by atoms with Crippen LogP contribution in [0.1, 0.15) is 0 Å². The minimum absolute atomic E-state index is 0.749. The van der Waals surface area contributed by atoms with E-state index in [0.717, 1.165) is 38.5 Å². The predicted molar refractivity (Wildman–Crippen MR) is 193 cm³/mol. The molecule has 0 N–H and O–H groups in total. The minimum atomic E-state index is 0.749. The van der Waals surface area contributed by atoms with Gasteiger partial charge in [-0.3, -0.25) is 0 Å². The fraction of sp³-hybridized carbons (Fsp3) is 0. The summed E-state index contributed by atoms with van der Waals surface area (Å²) in [5, 5.41) is 7.55. The van der Waals surface area contributed by atoms with E-state index in [0.29, 0.717) is 0 Å². The van der Waals surface area contributed by atoms with E-state index in [2.05, 4.69) is 126 Å². The highest BCUT2D eigenvalue weighted by atomic mass is 32.1. The Morgan fingerprint density at radius 3 is 1.98 bits per heavy atom. The Hall–Kier alpha value is -5.36. The highest BCUT2D eigenvalue weighted by Gasteiger charge is 2.20. The molecule has 0 spiro atoms. The summed E-state index contributed by atoms with van der Waals surface area (Å²) in [6.45, 7) is 0. The SMILES string of the molecule is c1ccc(-c2nc(-c3cccc(-n4c5ccccc5c5c6c(ccc54)sc4ccccc46)c3)c3c(n2)sc2ccccc23)cc1. The molecule has 0 fully saturated rings. The van der Waals surface area contributed by atoms with E-state index in [4.69, 9.17) is 9.97 Å². The fourth-order valence-electron chi connectivity index (χ4n) is 6.89. The first-order valence-electron chi connectivity index (χ1n) is 15.0. The van der Waals surface area contributed by atoms with Crippen molar-refractivity contribution in [3.63, 3.8) is 0 Å². The summed E-state index contributed by atoms with van der Waals surface area (Å²) in [6.07, 6.45) is 0. The van der Waals surface area contributed by atoms with Gasteiger partial charge in [0, 0.05) is 63.2 Å². The van der Waals surface area contributed by atoms with E-state index in [1.54, 1.807) is 11.3 Å². The average Bonchev–Trinajstić information content (AvgIpc) is 3.77. The Morgan fingerprint density at radius 1 is 0.444 bits per heavy atom. The molecule has 0 saturated heterocycles. The van der Waals surface area contributed by atoms with Crippen molar-refractivity contribution in [3.8, 4) is 28.3 Å². The average molecular weight is 610 g/mol. The highest BCUT2D eigenvalue weighted by molar-refractivity contribution is 7.26. The second kappa shape index (κ2) is 9.57. The Bertz CT molecular complexity index is 2770. The van der Waals surface area contributed by atoms with Crippen LogP contribution < -0.4 is 0 Å². The molecule has 0 atom stereocenters. The van der Waals surface area contributed by atoms with Gasteiger partial charge in [0.1, 0.15) is 4.83 Å². The first-order chi connectivity index (χ1) is 22.3. The number of benzene rings is 6. The van der Waals surface area contributed by atoms with Crippen LogP contribution in [0.25, 0.3) is 90.6 Å². The summed E-state index contributed by atoms with van der Waals surface area (Å²) in [5.41, 5.74) is 6.59. The molecule has 0 bridgehead atoms. The molecule has 3 nitrogen and oxygen atoms in total. The van der Waals surface area contributed by atoms with Crippen LogP contribution in [-0.4, -0.2) is 14.5 Å². The maximum absolute atomic E-state index is 5.27. The van der Waals surface area contributed by atoms with Crippen LogP contribution in [0.3, 0.4) is 0 Å². The molecule has 210 valence electrons. The maximum Gasteiger partial charge on any atom is 0.161 e. The van der Waals surface area contributed by atoms with E-state index in [-0.39, 0.29) is 0 Å². The van der Waals surface area contributed by atoms with Gasteiger partial charge in [0.2, 0.25) is 0 Å². The van der Waals surface area contributed by atoms with Gasteiger partial charge >= 0.3 is 0 Å². The van der Waals surface area contributed by atoms with Crippen LogP contribution >= 0.6 is 22.7 Å². The van der Waals surface area contributed by atoms with Crippen LogP contribution in [-0.2, 0) is 0 Å². The van der Waals surface area contributed by atoms with Crippen molar-refractivity contribution in [2.24, 2.45) is 0 Å². The van der Waals surface area contributed by atoms with E-state index in [9.17, 15) is 0 Å². The van der Waals surface area contributed by atoms with Crippen LogP contribution in [0, 0.1) is 0 Å². The number of nitrogens with zero attached hydrogens (tertiary/aromatic N) is 3. The van der Waals surface area contributed by atoms with Gasteiger partial charge in [0.25, 0.3) is 0 Å². The lowest BCUT2D eigenvalue weighted by Gasteiger charge is -2.12. The molecule has 0 radical (unpaired) electrons. The quantitative estimate of drug-likeness (QED) is 0.199. The van der Waals surface area contributed by atoms with E-state index in [1.165, 1.54) is 52.1 Å². The number of thiophene rings is 2. The molecule has 4 aromatic heterocycles. The monoisotopic (exact) mass is 609 g/mol. The molecule has 0 aliphatic rings. The summed E-state index contributed by atoms with van der Waals surface area (Å²) in [4.78, 5) is 11.3. The number of hydrogen-bond acceptors (Lipinski definition) is 4. The van der Waals surface area contributed by atoms with Gasteiger partial charge in [-0.15, -0.1) is 22.7 Å². The first-order valence-corrected chi connectivity index (χ1v) is 16.6. The Balaban J connectivity index is 1.27. The predicted octanol–water partition coefficient (Wildman–Crippen LogP) is 11.6. The molecule has 45 heavy (non-hydrogen) atoms. The van der Waals surface area contributed by atoms with Gasteiger partial charge in [-0.1, -0.05) is 97.1 Å². The standard InChI is InChI=1S/C40H23N3S2/c1-2-11-24(12-3-1)39-41-38(37-29-17-6-9-20-33(29)45-40(37)42-39)25-13-10-14-26(23-25)43-30-18-7-4-15-27(30)35-31(43)21-22-34-36(35)28-16-5-8-19-32(28)44-34/h1-23H. The molecule has 10 aromatic rings. The van der Waals surface area contributed by atoms with Crippen molar-refractivity contribution in [1.29, 1.82) is 0 Å². The smallest absolute Gasteiger partial charge is 0.161 e. The van der Waals surface area contributed by atoms with Crippen molar-refractivity contribution in [2.75, 3.05) is 0 Å². The van der Waals surface area contributed by atoms with E-state index < -0.39 is 0 Å². The van der Waals surface area contributed by atoms with Crippen LogP contribution in [0.4, 0.5) is 0 Å². The molecular weight excluding hydrogens is 587 g/mol. The zero-order valence-corrected chi connectivity index (χ0v) is 25.6. The van der Waals surface area contributed by atoms with Crippen LogP contribution in [0.5, 0.6) is 0 Å². The third-order valence-corrected chi connectivity index (χ3v) is 11.0. The number of rotatable bonds is 3. The molecule has 0 aliphatic heterocycles. The lowest BCUT2D eigenvalue weighted by Crippen LogP contribution is -1.96. The van der Waals surface area contributed by atoms with Gasteiger partial charge < -0.3 is 4.57 Å². The molecule has 0 aliphatic carbocycles. The number of aromatic nitrogens is 3. The molecule has 4 heterocycles. The van der Waals surface area contributed by atoms with Gasteiger partial charge in [-0.25, -0.2) is 9.97 Å². The second-order valence-corrected chi connectivity index (χ2v) is 13.5. The summed E-state index contributed by atoms with van der Waals surface area (Å²) in [5.74, 6) is 0.749. The van der Waals surface area contributed by atoms with Gasteiger partial charge in [0.05, 0.1) is 16.7 Å². The van der Waals surface area contributed by atoms with Gasteiger partial charge in [-0.05, 0) is 42.5 Å². The Kier molecular flexibility index (Phi) is 5.32. The van der Waals surface area contributed by atoms with Crippen LogP contribution in [0.2, 0.25) is 0 Å². The van der Waals surface area contributed by atoms with Gasteiger partial charge in [0.15, 0.2) is 5.82 Å². The summed E-state index contributed by atoms with van der Waals surface area (Å²) in [6, 6.07) is 49.9. The first kappa shape index (κ1) is 25.0. The second-order valence-electron chi connectivity index (χ2n) is 11.4. The normalized spacial score (nSPS) is 12.0. The molecule has 0 amide bonds. The fourth-order valence-corrected chi connectivity index (χ4v) is 9.08. The van der Waals surface area contributed by atoms with Crippen LogP contribution in [0.15, 0.2) is 140 Å². The zero-order valence-electron chi connectivity index (χ0n) is 23.9. The molecule has 0 unspecified atom stereocenters. The summed E-state index contributed by atoms with van der Waals surface area (Å²) >= 11 is 3.60. The number of para-hydroxylation sites is 1. The minimum Gasteiger partial charge on any atom is -0.309 e. The van der Waals surface area contributed by atoms with Crippen molar-refractivity contribution in [2.45, 2.75) is 0 Å².